The van der Waals surface area contributed by atoms with E-state index in [2.05, 4.69) is 68.6 Å². The fraction of sp³-hybridized carbons (Fsp3) is 0.143. The average molecular weight is 332 g/mol. The Hall–Kier alpha value is -2.19. The van der Waals surface area contributed by atoms with Crippen LogP contribution in [0.15, 0.2) is 54.6 Å². The van der Waals surface area contributed by atoms with Crippen LogP contribution in [0.25, 0.3) is 0 Å². The second-order valence-corrected chi connectivity index (χ2v) is 7.13. The van der Waals surface area contributed by atoms with Gasteiger partial charge in [0.25, 0.3) is 0 Å². The van der Waals surface area contributed by atoms with Gasteiger partial charge in [0.05, 0.1) is 0 Å². The lowest BCUT2D eigenvalue weighted by molar-refractivity contribution is 1.35. The van der Waals surface area contributed by atoms with E-state index in [4.69, 9.17) is 11.6 Å². The molecule has 1 nitrogen and oxygen atoms in total. The van der Waals surface area contributed by atoms with Crippen LogP contribution in [0.3, 0.4) is 0 Å². The second kappa shape index (κ2) is 5.72. The number of anilines is 2. The summed E-state index contributed by atoms with van der Waals surface area (Å²) in [4.78, 5) is 0. The van der Waals surface area contributed by atoms with E-state index in [1.165, 1.54) is 33.1 Å². The molecule has 0 spiro atoms. The molecule has 3 heteroatoms. The fourth-order valence-corrected chi connectivity index (χ4v) is 4.19. The van der Waals surface area contributed by atoms with Crippen LogP contribution in [-0.4, -0.2) is 6.71 Å². The van der Waals surface area contributed by atoms with E-state index in [0.717, 1.165) is 16.4 Å². The summed E-state index contributed by atoms with van der Waals surface area (Å²) in [5.74, 6) is 0. The molecule has 0 fully saturated rings. The third kappa shape index (κ3) is 2.42. The third-order valence-corrected chi connectivity index (χ3v) is 5.13. The summed E-state index contributed by atoms with van der Waals surface area (Å²) in [6.07, 6.45) is 0. The summed E-state index contributed by atoms with van der Waals surface area (Å²) in [5.41, 5.74) is 10.3. The Kier molecular flexibility index (Phi) is 3.66. The number of para-hydroxylation sites is 1. The maximum absolute atomic E-state index is 6.24. The van der Waals surface area contributed by atoms with E-state index in [1.54, 1.807) is 0 Å². The van der Waals surface area contributed by atoms with Crippen molar-refractivity contribution in [1.29, 1.82) is 0 Å². The van der Waals surface area contributed by atoms with Crippen LogP contribution in [0.2, 0.25) is 5.02 Å². The van der Waals surface area contributed by atoms with Crippen LogP contribution in [0.4, 0.5) is 11.4 Å². The molecular weight excluding hydrogens is 313 g/mol. The standard InChI is InChI=1S/C21H19BClN/c1-13-10-14(2)21(15(3)11-13)22-17-6-4-5-7-19(17)24-20-12-16(23)8-9-18(20)22/h4-12,24H,1-3H3. The molecule has 0 aromatic heterocycles. The zero-order valence-corrected chi connectivity index (χ0v) is 14.9. The largest absolute Gasteiger partial charge is 0.356 e. The first-order valence-corrected chi connectivity index (χ1v) is 8.65. The van der Waals surface area contributed by atoms with Crippen LogP contribution < -0.4 is 21.7 Å². The van der Waals surface area contributed by atoms with Gasteiger partial charge in [0.1, 0.15) is 0 Å². The Bertz CT molecular complexity index is 925. The molecule has 0 aliphatic carbocycles. The molecule has 3 aromatic carbocycles. The van der Waals surface area contributed by atoms with E-state index in [9.17, 15) is 0 Å². The summed E-state index contributed by atoms with van der Waals surface area (Å²) >= 11 is 6.24. The predicted molar refractivity (Wildman–Crippen MR) is 106 cm³/mol. The minimum absolute atomic E-state index is 0.232. The van der Waals surface area contributed by atoms with Crippen LogP contribution in [0.5, 0.6) is 0 Å². The van der Waals surface area contributed by atoms with Crippen molar-refractivity contribution in [3.8, 4) is 0 Å². The zero-order valence-electron chi connectivity index (χ0n) is 14.2. The molecule has 24 heavy (non-hydrogen) atoms. The summed E-state index contributed by atoms with van der Waals surface area (Å²) in [7, 11) is 0. The SMILES string of the molecule is Cc1cc(C)c(B2c3ccccc3Nc3cc(Cl)ccc32)c(C)c1. The van der Waals surface area contributed by atoms with Gasteiger partial charge in [0.15, 0.2) is 0 Å². The zero-order chi connectivity index (χ0) is 16.8. The van der Waals surface area contributed by atoms with E-state index >= 15 is 0 Å². The smallest absolute Gasteiger partial charge is 0.247 e. The number of fused-ring (bicyclic) bond motifs is 2. The van der Waals surface area contributed by atoms with Gasteiger partial charge >= 0.3 is 0 Å². The minimum atomic E-state index is 0.232. The molecule has 1 N–H and O–H groups in total. The Morgan fingerprint density at radius 2 is 1.46 bits per heavy atom. The molecule has 118 valence electrons. The fourth-order valence-electron chi connectivity index (χ4n) is 4.02. The molecule has 1 heterocycles. The molecule has 3 aromatic rings. The number of halogens is 1. The molecule has 0 unspecified atom stereocenters. The van der Waals surface area contributed by atoms with E-state index in [0.29, 0.717) is 0 Å². The van der Waals surface area contributed by atoms with Crippen molar-refractivity contribution in [2.45, 2.75) is 20.8 Å². The molecule has 0 saturated carbocycles. The van der Waals surface area contributed by atoms with E-state index < -0.39 is 0 Å². The summed E-state index contributed by atoms with van der Waals surface area (Å²) in [5, 5.41) is 4.31. The van der Waals surface area contributed by atoms with Crippen molar-refractivity contribution in [3.63, 3.8) is 0 Å². The van der Waals surface area contributed by atoms with Crippen molar-refractivity contribution in [2.24, 2.45) is 0 Å². The molecule has 1 aliphatic heterocycles. The Labute approximate surface area is 148 Å². The van der Waals surface area contributed by atoms with Gasteiger partial charge < -0.3 is 5.32 Å². The van der Waals surface area contributed by atoms with Crippen molar-refractivity contribution in [1.82, 2.24) is 0 Å². The Morgan fingerprint density at radius 3 is 2.21 bits per heavy atom. The Morgan fingerprint density at radius 1 is 0.792 bits per heavy atom. The highest BCUT2D eigenvalue weighted by Gasteiger charge is 2.32. The molecular formula is C21H19BClN. The highest BCUT2D eigenvalue weighted by Crippen LogP contribution is 2.24. The van der Waals surface area contributed by atoms with Crippen molar-refractivity contribution < 1.29 is 0 Å². The highest BCUT2D eigenvalue weighted by molar-refractivity contribution is 6.98. The van der Waals surface area contributed by atoms with Crippen molar-refractivity contribution in [2.75, 3.05) is 5.32 Å². The first kappa shape index (κ1) is 15.3. The number of rotatable bonds is 1. The van der Waals surface area contributed by atoms with E-state index in [1.807, 2.05) is 12.1 Å². The molecule has 1 aliphatic rings. The third-order valence-electron chi connectivity index (χ3n) is 4.89. The maximum Gasteiger partial charge on any atom is 0.247 e. The first-order valence-electron chi connectivity index (χ1n) is 8.28. The van der Waals surface area contributed by atoms with Crippen molar-refractivity contribution in [3.05, 3.63) is 76.3 Å². The average Bonchev–Trinajstić information content (AvgIpc) is 2.53. The van der Waals surface area contributed by atoms with Gasteiger partial charge in [0, 0.05) is 16.4 Å². The summed E-state index contributed by atoms with van der Waals surface area (Å²) in [6.45, 7) is 6.83. The first-order chi connectivity index (χ1) is 11.5. The number of aryl methyl sites for hydroxylation is 3. The number of hydrogen-bond donors (Lipinski definition) is 1. The van der Waals surface area contributed by atoms with Gasteiger partial charge in [0.2, 0.25) is 6.71 Å². The van der Waals surface area contributed by atoms with Gasteiger partial charge in [-0.3, -0.25) is 0 Å². The molecule has 0 radical (unpaired) electrons. The number of hydrogen-bond acceptors (Lipinski definition) is 1. The molecule has 0 saturated heterocycles. The van der Waals surface area contributed by atoms with Crippen LogP contribution in [-0.2, 0) is 0 Å². The van der Waals surface area contributed by atoms with Gasteiger partial charge in [-0.25, -0.2) is 0 Å². The van der Waals surface area contributed by atoms with Crippen LogP contribution >= 0.6 is 11.6 Å². The van der Waals surface area contributed by atoms with Gasteiger partial charge in [-0.2, -0.15) is 0 Å². The molecule has 0 atom stereocenters. The quantitative estimate of drug-likeness (QED) is 0.523. The molecule has 0 amide bonds. The lowest BCUT2D eigenvalue weighted by Crippen LogP contribution is -2.57. The lowest BCUT2D eigenvalue weighted by Gasteiger charge is -2.30. The number of benzene rings is 3. The van der Waals surface area contributed by atoms with Gasteiger partial charge in [-0.1, -0.05) is 70.2 Å². The molecule has 4 rings (SSSR count). The number of nitrogens with one attached hydrogen (secondary N) is 1. The minimum Gasteiger partial charge on any atom is -0.356 e. The van der Waals surface area contributed by atoms with Crippen LogP contribution in [0.1, 0.15) is 16.7 Å². The molecule has 0 bridgehead atoms. The summed E-state index contributed by atoms with van der Waals surface area (Å²) in [6, 6.07) is 19.3. The predicted octanol–water partition coefficient (Wildman–Crippen LogP) is 3.84. The topological polar surface area (TPSA) is 12.0 Å². The highest BCUT2D eigenvalue weighted by atomic mass is 35.5. The van der Waals surface area contributed by atoms with Crippen LogP contribution in [0, 0.1) is 20.8 Å². The summed E-state index contributed by atoms with van der Waals surface area (Å²) < 4.78 is 0. The Balaban J connectivity index is 2.02. The lowest BCUT2D eigenvalue weighted by atomic mass is 9.34. The van der Waals surface area contributed by atoms with Gasteiger partial charge in [-0.15, -0.1) is 0 Å². The maximum atomic E-state index is 6.24. The van der Waals surface area contributed by atoms with Gasteiger partial charge in [-0.05, 0) is 49.9 Å². The monoisotopic (exact) mass is 331 g/mol. The van der Waals surface area contributed by atoms with Crippen molar-refractivity contribution >= 4 is 46.1 Å². The van der Waals surface area contributed by atoms with E-state index in [-0.39, 0.29) is 6.71 Å². The normalized spacial score (nSPS) is 12.4. The second-order valence-electron chi connectivity index (χ2n) is 6.69.